The number of hydrogen-bond donors (Lipinski definition) is 1. The Hall–Kier alpha value is -2.27. The number of aliphatic imine (C=N–C) groups is 1. The molecule has 0 radical (unpaired) electrons. The molecule has 3 unspecified atom stereocenters. The van der Waals surface area contributed by atoms with Crippen molar-refractivity contribution in [2.45, 2.75) is 59.3 Å². The third-order valence-electron chi connectivity index (χ3n) is 6.81. The molecule has 1 amide bonds. The first-order valence-corrected chi connectivity index (χ1v) is 12.1. The Balaban J connectivity index is 1.73. The first-order chi connectivity index (χ1) is 15.4. The second-order valence-corrected chi connectivity index (χ2v) is 9.59. The third-order valence-corrected chi connectivity index (χ3v) is 7.06. The number of nitrogens with zero attached hydrogens (tertiary/aromatic N) is 2. The van der Waals surface area contributed by atoms with Gasteiger partial charge in [-0.3, -0.25) is 14.6 Å². The van der Waals surface area contributed by atoms with Crippen molar-refractivity contribution < 1.29 is 9.59 Å². The van der Waals surface area contributed by atoms with Crippen molar-refractivity contribution in [1.29, 1.82) is 5.41 Å². The Kier molecular flexibility index (Phi) is 8.41. The molecule has 1 fully saturated rings. The topological polar surface area (TPSA) is 73.6 Å². The minimum absolute atomic E-state index is 0.0282. The van der Waals surface area contributed by atoms with Crippen molar-refractivity contribution in [3.8, 4) is 0 Å². The minimum Gasteiger partial charge on any atom is -0.312 e. The van der Waals surface area contributed by atoms with Gasteiger partial charge in [-0.1, -0.05) is 32.4 Å². The van der Waals surface area contributed by atoms with E-state index in [1.165, 1.54) is 6.21 Å². The van der Waals surface area contributed by atoms with Gasteiger partial charge in [0.05, 0.1) is 0 Å². The molecule has 2 heterocycles. The standard InChI is InChI=1S/C26H34ClN3O2/c1-4-20(17(2)3)25(31)9-5-8-24-22(15-28)21-7-6-14-30(26(32)23(21)16-29-24)19-12-10-18(27)11-13-19/h10-13,15-17,20-22,28H,4-9,14H2,1-3H3. The Morgan fingerprint density at radius 2 is 2.03 bits per heavy atom. The number of amides is 1. The van der Waals surface area contributed by atoms with Gasteiger partial charge in [0, 0.05) is 65.1 Å². The number of carbonyl (C=O) groups excluding carboxylic acids is 2. The van der Waals surface area contributed by atoms with Crippen molar-refractivity contribution in [2.24, 2.45) is 28.7 Å². The summed E-state index contributed by atoms with van der Waals surface area (Å²) in [6.45, 7) is 6.91. The van der Waals surface area contributed by atoms with E-state index in [4.69, 9.17) is 17.0 Å². The molecule has 3 atom stereocenters. The summed E-state index contributed by atoms with van der Waals surface area (Å²) in [5.41, 5.74) is 2.43. The third kappa shape index (κ3) is 5.37. The average molecular weight is 456 g/mol. The lowest BCUT2D eigenvalue weighted by atomic mass is 9.77. The molecule has 1 aromatic rings. The molecule has 0 bridgehead atoms. The molecule has 3 rings (SSSR count). The van der Waals surface area contributed by atoms with E-state index in [0.29, 0.717) is 41.7 Å². The number of fused-ring (bicyclic) bond motifs is 1. The zero-order chi connectivity index (χ0) is 23.3. The smallest absolute Gasteiger partial charge is 0.256 e. The van der Waals surface area contributed by atoms with Crippen LogP contribution in [0.15, 0.2) is 41.0 Å². The molecular formula is C26H34ClN3O2. The SMILES string of the molecule is CCC(C(=O)CCCC1=NC=C2C(=O)N(c3ccc(Cl)cc3)CCCC2C1C=N)C(C)C. The molecule has 32 heavy (non-hydrogen) atoms. The van der Waals surface area contributed by atoms with Gasteiger partial charge in [0.1, 0.15) is 5.78 Å². The predicted octanol–water partition coefficient (Wildman–Crippen LogP) is 6.11. The summed E-state index contributed by atoms with van der Waals surface area (Å²) in [5, 5.41) is 8.70. The van der Waals surface area contributed by atoms with Crippen LogP contribution in [0.1, 0.15) is 59.3 Å². The first-order valence-electron chi connectivity index (χ1n) is 11.7. The van der Waals surface area contributed by atoms with Gasteiger partial charge >= 0.3 is 0 Å². The number of benzene rings is 1. The van der Waals surface area contributed by atoms with Crippen LogP contribution in [0, 0.1) is 29.1 Å². The molecule has 1 saturated heterocycles. The molecule has 2 aliphatic heterocycles. The fourth-order valence-electron chi connectivity index (χ4n) is 5.05. The predicted molar refractivity (Wildman–Crippen MR) is 132 cm³/mol. The summed E-state index contributed by atoms with van der Waals surface area (Å²) < 4.78 is 0. The van der Waals surface area contributed by atoms with Crippen molar-refractivity contribution in [1.82, 2.24) is 0 Å². The molecule has 2 aliphatic rings. The van der Waals surface area contributed by atoms with E-state index < -0.39 is 0 Å². The molecule has 172 valence electrons. The molecule has 0 spiro atoms. The molecule has 6 heteroatoms. The Morgan fingerprint density at radius 3 is 2.66 bits per heavy atom. The fraction of sp³-hybridized carbons (Fsp3) is 0.538. The van der Waals surface area contributed by atoms with Gasteiger partial charge in [0.25, 0.3) is 5.91 Å². The van der Waals surface area contributed by atoms with Crippen LogP contribution in [-0.4, -0.2) is 30.2 Å². The summed E-state index contributed by atoms with van der Waals surface area (Å²) in [6, 6.07) is 7.32. The van der Waals surface area contributed by atoms with Gasteiger partial charge in [-0.2, -0.15) is 0 Å². The molecular weight excluding hydrogens is 422 g/mol. The average Bonchev–Trinajstić information content (AvgIpc) is 2.93. The largest absolute Gasteiger partial charge is 0.312 e. The van der Waals surface area contributed by atoms with Crippen LogP contribution in [-0.2, 0) is 9.59 Å². The van der Waals surface area contributed by atoms with Crippen LogP contribution in [0.25, 0.3) is 0 Å². The quantitative estimate of drug-likeness (QED) is 0.456. The summed E-state index contributed by atoms with van der Waals surface area (Å²) >= 11 is 6.01. The van der Waals surface area contributed by atoms with Crippen molar-refractivity contribution in [2.75, 3.05) is 11.4 Å². The number of carbonyl (C=O) groups is 2. The molecule has 1 aromatic carbocycles. The summed E-state index contributed by atoms with van der Waals surface area (Å²) in [6.07, 6.45) is 7.70. The number of Topliss-reactive ketones (excluding diaryl/α,β-unsaturated/α-hetero) is 1. The number of halogens is 1. The van der Waals surface area contributed by atoms with E-state index in [9.17, 15) is 9.59 Å². The van der Waals surface area contributed by atoms with Crippen LogP contribution in [0.2, 0.25) is 5.02 Å². The number of nitrogens with one attached hydrogen (secondary N) is 1. The van der Waals surface area contributed by atoms with Gasteiger partial charge in [-0.05, 0) is 62.3 Å². The van der Waals surface area contributed by atoms with Crippen LogP contribution in [0.4, 0.5) is 5.69 Å². The maximum Gasteiger partial charge on any atom is 0.256 e. The Bertz CT molecular complexity index is 904. The Morgan fingerprint density at radius 1 is 1.31 bits per heavy atom. The normalized spacial score (nSPS) is 22.0. The molecule has 5 nitrogen and oxygen atoms in total. The fourth-order valence-corrected chi connectivity index (χ4v) is 5.17. The zero-order valence-electron chi connectivity index (χ0n) is 19.3. The van der Waals surface area contributed by atoms with E-state index >= 15 is 0 Å². The zero-order valence-corrected chi connectivity index (χ0v) is 20.1. The minimum atomic E-state index is -0.175. The molecule has 0 aromatic heterocycles. The second-order valence-electron chi connectivity index (χ2n) is 9.16. The molecule has 0 aliphatic carbocycles. The molecule has 1 N–H and O–H groups in total. The van der Waals surface area contributed by atoms with E-state index in [1.807, 2.05) is 12.1 Å². The van der Waals surface area contributed by atoms with E-state index in [1.54, 1.807) is 23.2 Å². The van der Waals surface area contributed by atoms with Crippen LogP contribution < -0.4 is 4.90 Å². The van der Waals surface area contributed by atoms with Gasteiger partial charge in [-0.15, -0.1) is 0 Å². The van der Waals surface area contributed by atoms with Crippen LogP contribution in [0.3, 0.4) is 0 Å². The Labute approximate surface area is 196 Å². The summed E-state index contributed by atoms with van der Waals surface area (Å²) in [4.78, 5) is 32.3. The van der Waals surface area contributed by atoms with Gasteiger partial charge in [0.15, 0.2) is 0 Å². The van der Waals surface area contributed by atoms with Gasteiger partial charge in [-0.25, -0.2) is 0 Å². The lowest BCUT2D eigenvalue weighted by Gasteiger charge is -2.29. The number of hydrogen-bond acceptors (Lipinski definition) is 4. The van der Waals surface area contributed by atoms with Crippen molar-refractivity contribution >= 4 is 40.9 Å². The monoisotopic (exact) mass is 455 g/mol. The number of rotatable bonds is 9. The highest BCUT2D eigenvalue weighted by Gasteiger charge is 2.37. The van der Waals surface area contributed by atoms with Gasteiger partial charge < -0.3 is 10.3 Å². The maximum atomic E-state index is 13.3. The highest BCUT2D eigenvalue weighted by atomic mass is 35.5. The second kappa shape index (κ2) is 11.0. The lowest BCUT2D eigenvalue weighted by molar-refractivity contribution is -0.124. The van der Waals surface area contributed by atoms with Crippen molar-refractivity contribution in [3.63, 3.8) is 0 Å². The van der Waals surface area contributed by atoms with Crippen LogP contribution in [0.5, 0.6) is 0 Å². The number of ketones is 1. The highest BCUT2D eigenvalue weighted by Crippen LogP contribution is 2.36. The molecule has 0 saturated carbocycles. The highest BCUT2D eigenvalue weighted by molar-refractivity contribution is 6.30. The first kappa shape index (κ1) is 24.4. The lowest BCUT2D eigenvalue weighted by Crippen LogP contribution is -2.36. The maximum absolute atomic E-state index is 13.3. The van der Waals surface area contributed by atoms with E-state index in [-0.39, 0.29) is 23.7 Å². The van der Waals surface area contributed by atoms with Gasteiger partial charge in [0.2, 0.25) is 0 Å². The summed E-state index contributed by atoms with van der Waals surface area (Å²) in [7, 11) is 0. The van der Waals surface area contributed by atoms with Crippen LogP contribution >= 0.6 is 11.6 Å². The van der Waals surface area contributed by atoms with E-state index in [2.05, 4.69) is 25.8 Å². The number of anilines is 1. The van der Waals surface area contributed by atoms with E-state index in [0.717, 1.165) is 37.1 Å². The van der Waals surface area contributed by atoms with Crippen molar-refractivity contribution in [3.05, 3.63) is 41.1 Å². The summed E-state index contributed by atoms with van der Waals surface area (Å²) in [5.74, 6) is 0.560.